The van der Waals surface area contributed by atoms with Crippen molar-refractivity contribution in [3.8, 4) is 0 Å². The van der Waals surface area contributed by atoms with Crippen LogP contribution in [-0.4, -0.2) is 25.3 Å². The van der Waals surface area contributed by atoms with Gasteiger partial charge in [-0.2, -0.15) is 0 Å². The number of nitrogens with one attached hydrogen (secondary N) is 1. The molecule has 2 bridgehead atoms. The predicted molar refractivity (Wildman–Crippen MR) is 78.2 cm³/mol. The third-order valence-electron chi connectivity index (χ3n) is 4.56. The summed E-state index contributed by atoms with van der Waals surface area (Å²) in [4.78, 5) is 0. The summed E-state index contributed by atoms with van der Waals surface area (Å²) in [7, 11) is 0. The zero-order valence-electron chi connectivity index (χ0n) is 11.7. The minimum Gasteiger partial charge on any atom is -0.346 e. The Bertz CT molecular complexity index is 502. The molecule has 3 heterocycles. The van der Waals surface area contributed by atoms with Gasteiger partial charge in [0.05, 0.1) is 13.2 Å². The molecule has 106 valence electrons. The van der Waals surface area contributed by atoms with Gasteiger partial charge in [-0.1, -0.05) is 36.8 Å². The summed E-state index contributed by atoms with van der Waals surface area (Å²) in [5.41, 5.74) is 3.98. The summed E-state index contributed by atoms with van der Waals surface area (Å²) in [5.74, 6) is 0. The third kappa shape index (κ3) is 2.41. The van der Waals surface area contributed by atoms with Crippen molar-refractivity contribution in [2.24, 2.45) is 0 Å². The van der Waals surface area contributed by atoms with E-state index in [-0.39, 0.29) is 6.29 Å². The number of ether oxygens (including phenoxy) is 2. The quantitative estimate of drug-likeness (QED) is 0.897. The number of benzene rings is 1. The predicted octanol–water partition coefficient (Wildman–Crippen LogP) is 3.03. The Morgan fingerprint density at radius 2 is 1.80 bits per heavy atom. The fourth-order valence-corrected chi connectivity index (χ4v) is 3.54. The zero-order chi connectivity index (χ0) is 13.4. The molecule has 0 aromatic heterocycles. The zero-order valence-corrected chi connectivity index (χ0v) is 11.7. The highest BCUT2D eigenvalue weighted by atomic mass is 16.7. The maximum atomic E-state index is 5.54. The van der Waals surface area contributed by atoms with Crippen molar-refractivity contribution in [1.82, 2.24) is 5.32 Å². The molecule has 0 aliphatic carbocycles. The Morgan fingerprint density at radius 1 is 1.00 bits per heavy atom. The third-order valence-corrected chi connectivity index (χ3v) is 4.56. The van der Waals surface area contributed by atoms with Gasteiger partial charge in [0, 0.05) is 17.6 Å². The molecule has 0 amide bonds. The highest BCUT2D eigenvalue weighted by molar-refractivity contribution is 5.68. The number of hydrogen-bond acceptors (Lipinski definition) is 3. The van der Waals surface area contributed by atoms with Crippen LogP contribution >= 0.6 is 0 Å². The highest BCUT2D eigenvalue weighted by Gasteiger charge is 2.26. The fourth-order valence-electron chi connectivity index (χ4n) is 3.54. The Morgan fingerprint density at radius 3 is 2.55 bits per heavy atom. The summed E-state index contributed by atoms with van der Waals surface area (Å²) in [6.45, 7) is 1.40. The number of hydrogen-bond donors (Lipinski definition) is 1. The van der Waals surface area contributed by atoms with E-state index in [0.29, 0.717) is 25.3 Å². The molecular weight excluding hydrogens is 250 g/mol. The maximum absolute atomic E-state index is 5.54. The van der Waals surface area contributed by atoms with E-state index in [0.717, 1.165) is 12.0 Å². The average molecular weight is 271 g/mol. The summed E-state index contributed by atoms with van der Waals surface area (Å²) in [6.07, 6.45) is 7.38. The van der Waals surface area contributed by atoms with Crippen LogP contribution in [0.15, 0.2) is 30.3 Å². The molecular formula is C17H21NO2. The van der Waals surface area contributed by atoms with Gasteiger partial charge in [-0.15, -0.1) is 0 Å². The van der Waals surface area contributed by atoms with Crippen molar-refractivity contribution < 1.29 is 9.47 Å². The molecule has 4 rings (SSSR count). The standard InChI is InChI=1S/C17H21NO2/c1-2-15-10-14(11-16(3-1)18-15)12-4-6-13(7-5-12)17-19-8-9-20-17/h4-7,10,15-18H,1-3,8-9,11H2. The van der Waals surface area contributed by atoms with Crippen LogP contribution in [-0.2, 0) is 9.47 Å². The molecule has 2 saturated heterocycles. The molecule has 3 aliphatic heterocycles. The SMILES string of the molecule is C1=C(c2ccc(C3OCCO3)cc2)CC2CCCC1N2. The number of rotatable bonds is 2. The first-order chi connectivity index (χ1) is 9.88. The van der Waals surface area contributed by atoms with Crippen molar-refractivity contribution in [2.45, 2.75) is 44.1 Å². The molecule has 3 nitrogen and oxygen atoms in total. The van der Waals surface area contributed by atoms with Gasteiger partial charge in [-0.25, -0.2) is 0 Å². The largest absolute Gasteiger partial charge is 0.346 e. The van der Waals surface area contributed by atoms with Crippen LogP contribution in [0, 0.1) is 0 Å². The van der Waals surface area contributed by atoms with Crippen molar-refractivity contribution in [2.75, 3.05) is 13.2 Å². The molecule has 1 aromatic carbocycles. The molecule has 3 aliphatic rings. The van der Waals surface area contributed by atoms with Crippen LogP contribution in [0.3, 0.4) is 0 Å². The molecule has 3 heteroatoms. The van der Waals surface area contributed by atoms with Gasteiger partial charge in [0.15, 0.2) is 6.29 Å². The lowest BCUT2D eigenvalue weighted by atomic mass is 9.85. The van der Waals surface area contributed by atoms with Crippen LogP contribution in [0.4, 0.5) is 0 Å². The van der Waals surface area contributed by atoms with E-state index in [1.807, 2.05) is 0 Å². The summed E-state index contributed by atoms with van der Waals surface area (Å²) in [6, 6.07) is 9.97. The Kier molecular flexibility index (Phi) is 3.34. The monoisotopic (exact) mass is 271 g/mol. The van der Waals surface area contributed by atoms with E-state index in [4.69, 9.17) is 9.47 Å². The molecule has 2 unspecified atom stereocenters. The molecule has 1 aromatic rings. The van der Waals surface area contributed by atoms with E-state index in [9.17, 15) is 0 Å². The fraction of sp³-hybridized carbons (Fsp3) is 0.529. The lowest BCUT2D eigenvalue weighted by Gasteiger charge is -2.35. The Balaban J connectivity index is 1.55. The van der Waals surface area contributed by atoms with Crippen molar-refractivity contribution in [1.29, 1.82) is 0 Å². The van der Waals surface area contributed by atoms with Gasteiger partial charge in [0.1, 0.15) is 0 Å². The second-order valence-electron chi connectivity index (χ2n) is 5.99. The first-order valence-corrected chi connectivity index (χ1v) is 7.69. The van der Waals surface area contributed by atoms with Crippen LogP contribution in [0.1, 0.15) is 43.1 Å². The second-order valence-corrected chi connectivity index (χ2v) is 5.99. The first kappa shape index (κ1) is 12.6. The molecule has 2 fully saturated rings. The summed E-state index contributed by atoms with van der Waals surface area (Å²) in [5, 5.41) is 3.69. The van der Waals surface area contributed by atoms with E-state index >= 15 is 0 Å². The van der Waals surface area contributed by atoms with E-state index in [2.05, 4.69) is 35.7 Å². The summed E-state index contributed by atoms with van der Waals surface area (Å²) < 4.78 is 11.1. The maximum Gasteiger partial charge on any atom is 0.184 e. The molecule has 0 radical (unpaired) electrons. The molecule has 1 N–H and O–H groups in total. The van der Waals surface area contributed by atoms with E-state index < -0.39 is 0 Å². The second kappa shape index (κ2) is 5.32. The van der Waals surface area contributed by atoms with Crippen LogP contribution in [0.5, 0.6) is 0 Å². The van der Waals surface area contributed by atoms with Crippen LogP contribution in [0.2, 0.25) is 0 Å². The van der Waals surface area contributed by atoms with Gasteiger partial charge in [0.25, 0.3) is 0 Å². The Labute approximate surface area is 120 Å². The minimum atomic E-state index is -0.162. The lowest BCUT2D eigenvalue weighted by Crippen LogP contribution is -2.44. The van der Waals surface area contributed by atoms with Gasteiger partial charge in [0.2, 0.25) is 0 Å². The summed E-state index contributed by atoms with van der Waals surface area (Å²) >= 11 is 0. The normalized spacial score (nSPS) is 30.3. The molecule has 2 atom stereocenters. The topological polar surface area (TPSA) is 30.5 Å². The lowest BCUT2D eigenvalue weighted by molar-refractivity contribution is -0.0441. The first-order valence-electron chi connectivity index (χ1n) is 7.69. The molecule has 0 spiro atoms. The van der Waals surface area contributed by atoms with Crippen molar-refractivity contribution in [3.05, 3.63) is 41.5 Å². The minimum absolute atomic E-state index is 0.162. The highest BCUT2D eigenvalue weighted by Crippen LogP contribution is 2.32. The van der Waals surface area contributed by atoms with Gasteiger partial charge in [-0.3, -0.25) is 0 Å². The van der Waals surface area contributed by atoms with Crippen LogP contribution in [0.25, 0.3) is 5.57 Å². The van der Waals surface area contributed by atoms with Crippen molar-refractivity contribution in [3.63, 3.8) is 0 Å². The van der Waals surface area contributed by atoms with E-state index in [1.165, 1.54) is 30.4 Å². The van der Waals surface area contributed by atoms with Crippen molar-refractivity contribution >= 4 is 5.57 Å². The van der Waals surface area contributed by atoms with Gasteiger partial charge in [-0.05, 0) is 30.4 Å². The van der Waals surface area contributed by atoms with Gasteiger partial charge < -0.3 is 14.8 Å². The van der Waals surface area contributed by atoms with Crippen LogP contribution < -0.4 is 5.32 Å². The molecule has 20 heavy (non-hydrogen) atoms. The van der Waals surface area contributed by atoms with E-state index in [1.54, 1.807) is 0 Å². The van der Waals surface area contributed by atoms with Gasteiger partial charge >= 0.3 is 0 Å². The number of fused-ring (bicyclic) bond motifs is 2. The molecule has 0 saturated carbocycles. The average Bonchev–Trinajstić information content (AvgIpc) is 3.01. The smallest absolute Gasteiger partial charge is 0.184 e. The number of piperidine rings is 1. The Hall–Kier alpha value is -1.16.